The molecule has 0 radical (unpaired) electrons. The molecule has 4 N–H and O–H groups in total. The molecule has 0 amide bonds. The molecule has 11 nitrogen and oxygen atoms in total. The van der Waals surface area contributed by atoms with E-state index in [0.29, 0.717) is 19.3 Å². The van der Waals surface area contributed by atoms with Crippen molar-refractivity contribution in [1.29, 1.82) is 0 Å². The van der Waals surface area contributed by atoms with Gasteiger partial charge in [0.05, 0.1) is 13.2 Å². The Morgan fingerprint density at radius 2 is 0.935 bits per heavy atom. The number of carbonyl (C=O) groups is 3. The number of hydrogen-bond acceptors (Lipinski definition) is 9. The van der Waals surface area contributed by atoms with Crippen LogP contribution in [0.2, 0.25) is 0 Å². The Kier molecular flexibility index (Phi) is 41.0. The fourth-order valence-electron chi connectivity index (χ4n) is 5.45. The molecule has 0 aliphatic carbocycles. The number of hydrogen-bond donors (Lipinski definition) is 3. The van der Waals surface area contributed by atoms with E-state index in [0.717, 1.165) is 83.5 Å². The van der Waals surface area contributed by atoms with Crippen LogP contribution in [0.5, 0.6) is 0 Å². The molecule has 0 saturated heterocycles. The van der Waals surface area contributed by atoms with Crippen LogP contribution < -0.4 is 5.73 Å². The number of rotatable bonds is 41. The first-order valence-corrected chi connectivity index (χ1v) is 24.4. The summed E-state index contributed by atoms with van der Waals surface area (Å²) in [4.78, 5) is 46.0. The highest BCUT2D eigenvalue weighted by Gasteiger charge is 2.28. The van der Waals surface area contributed by atoms with Crippen molar-refractivity contribution in [3.63, 3.8) is 0 Å². The molecule has 3 atom stereocenters. The largest absolute Gasteiger partial charge is 0.480 e. The summed E-state index contributed by atoms with van der Waals surface area (Å²) in [6, 6.07) is -1.54. The average molecular weight is 886 g/mol. The van der Waals surface area contributed by atoms with E-state index in [9.17, 15) is 23.8 Å². The van der Waals surface area contributed by atoms with Gasteiger partial charge < -0.3 is 25.2 Å². The van der Waals surface area contributed by atoms with Crippen LogP contribution in [-0.4, -0.2) is 59.9 Å². The van der Waals surface area contributed by atoms with E-state index in [1.807, 2.05) is 18.2 Å². The molecule has 0 rings (SSSR count). The molecular formula is C50H80NO10P. The van der Waals surface area contributed by atoms with Crippen molar-refractivity contribution in [2.45, 2.75) is 167 Å². The number of carboxylic acid groups (broad SMARTS) is 1. The Labute approximate surface area is 374 Å². The quantitative estimate of drug-likeness (QED) is 0.0231. The normalized spacial score (nSPS) is 14.6. The molecule has 350 valence electrons. The van der Waals surface area contributed by atoms with Crippen molar-refractivity contribution >= 4 is 25.7 Å². The van der Waals surface area contributed by atoms with Crippen LogP contribution in [0.4, 0.5) is 0 Å². The van der Waals surface area contributed by atoms with E-state index in [1.54, 1.807) is 0 Å². The van der Waals surface area contributed by atoms with Crippen LogP contribution in [0.25, 0.3) is 0 Å². The summed E-state index contributed by atoms with van der Waals surface area (Å²) in [6.45, 7) is 2.56. The standard InChI is InChI=1S/C50H80NO10P/c1-3-5-7-9-11-13-15-17-19-21-23-25-27-29-31-33-35-37-39-41-48(52)58-43-46(44-59-62(56,57)60-45-47(51)50(54)55)61-49(53)42-40-38-36-34-32-30-28-26-24-22-20-18-16-14-12-10-8-6-4-2/h6,8,11-14,17-20,23-26,30,32,36,38,46-47H,3-5,7,9-10,15-16,21-22,27-29,31,33-35,37,39-45,51H2,1-2H3,(H,54,55)(H,56,57)/b8-6-,13-11-,14-12-,19-17-,20-18-,25-23-,26-24-,32-30-,38-36-. The molecular weight excluding hydrogens is 806 g/mol. The highest BCUT2D eigenvalue weighted by Crippen LogP contribution is 2.43. The number of allylic oxidation sites excluding steroid dienone is 18. The summed E-state index contributed by atoms with van der Waals surface area (Å²) in [6.07, 6.45) is 57.3. The topological polar surface area (TPSA) is 172 Å². The summed E-state index contributed by atoms with van der Waals surface area (Å²) in [7, 11) is -4.75. The number of esters is 2. The Bertz CT molecular complexity index is 1460. The van der Waals surface area contributed by atoms with Crippen molar-refractivity contribution in [2.24, 2.45) is 5.73 Å². The zero-order chi connectivity index (χ0) is 45.6. The smallest absolute Gasteiger partial charge is 0.472 e. The monoisotopic (exact) mass is 886 g/mol. The Balaban J connectivity index is 4.50. The SMILES string of the molecule is CC/C=C\C/C=C\C/C=C\C/C=C\C/C=C\C/C=C\CCC(=O)OC(COC(=O)CCCCCCCC/C=C\C/C=C\C/C=C\CCCCC)COP(=O)(O)OCC(N)C(=O)O. The van der Waals surface area contributed by atoms with Crippen molar-refractivity contribution in [3.05, 3.63) is 109 Å². The lowest BCUT2D eigenvalue weighted by atomic mass is 10.1. The number of ether oxygens (including phenoxy) is 2. The van der Waals surface area contributed by atoms with E-state index < -0.39 is 57.7 Å². The maximum Gasteiger partial charge on any atom is 0.472 e. The molecule has 3 unspecified atom stereocenters. The first-order chi connectivity index (χ1) is 30.1. The minimum atomic E-state index is -4.75. The molecule has 0 heterocycles. The molecule has 0 spiro atoms. The van der Waals surface area contributed by atoms with Gasteiger partial charge in [-0.3, -0.25) is 23.4 Å². The average Bonchev–Trinajstić information content (AvgIpc) is 3.25. The highest BCUT2D eigenvalue weighted by atomic mass is 31.2. The fourth-order valence-corrected chi connectivity index (χ4v) is 6.23. The minimum absolute atomic E-state index is 0.0261. The van der Waals surface area contributed by atoms with Gasteiger partial charge in [-0.05, 0) is 89.9 Å². The van der Waals surface area contributed by atoms with E-state index in [4.69, 9.17) is 24.8 Å². The molecule has 0 aromatic carbocycles. The number of carbonyl (C=O) groups excluding carboxylic acids is 2. The lowest BCUT2D eigenvalue weighted by molar-refractivity contribution is -0.161. The van der Waals surface area contributed by atoms with Gasteiger partial charge in [-0.1, -0.05) is 162 Å². The van der Waals surface area contributed by atoms with E-state index in [1.165, 1.54) is 25.7 Å². The zero-order valence-corrected chi connectivity index (χ0v) is 38.8. The second kappa shape index (κ2) is 43.8. The molecule has 0 aromatic heterocycles. The molecule has 62 heavy (non-hydrogen) atoms. The van der Waals surface area contributed by atoms with Gasteiger partial charge in [0.15, 0.2) is 6.10 Å². The predicted molar refractivity (Wildman–Crippen MR) is 253 cm³/mol. The van der Waals surface area contributed by atoms with Gasteiger partial charge in [-0.15, -0.1) is 0 Å². The number of carboxylic acids is 1. The Morgan fingerprint density at radius 1 is 0.516 bits per heavy atom. The molecule has 0 fully saturated rings. The van der Waals surface area contributed by atoms with Crippen LogP contribution in [-0.2, 0) is 37.5 Å². The number of phosphoric ester groups is 1. The second-order valence-corrected chi connectivity index (χ2v) is 16.2. The third-order valence-electron chi connectivity index (χ3n) is 9.02. The van der Waals surface area contributed by atoms with E-state index in [-0.39, 0.29) is 12.8 Å². The Morgan fingerprint density at radius 3 is 1.42 bits per heavy atom. The first kappa shape index (κ1) is 58.1. The van der Waals surface area contributed by atoms with Gasteiger partial charge in [0.1, 0.15) is 12.6 Å². The molecule has 12 heteroatoms. The molecule has 0 aromatic rings. The van der Waals surface area contributed by atoms with Crippen LogP contribution in [0.1, 0.15) is 155 Å². The van der Waals surface area contributed by atoms with Crippen molar-refractivity contribution in [2.75, 3.05) is 19.8 Å². The maximum atomic E-state index is 12.6. The van der Waals surface area contributed by atoms with E-state index in [2.05, 4.69) is 110 Å². The van der Waals surface area contributed by atoms with Crippen molar-refractivity contribution in [3.8, 4) is 0 Å². The maximum absolute atomic E-state index is 12.6. The highest BCUT2D eigenvalue weighted by molar-refractivity contribution is 7.47. The van der Waals surface area contributed by atoms with Crippen LogP contribution in [0, 0.1) is 0 Å². The number of phosphoric acid groups is 1. The first-order valence-electron chi connectivity index (χ1n) is 22.9. The van der Waals surface area contributed by atoms with Gasteiger partial charge >= 0.3 is 25.7 Å². The van der Waals surface area contributed by atoms with Gasteiger partial charge in [0.25, 0.3) is 0 Å². The van der Waals surface area contributed by atoms with Gasteiger partial charge in [-0.25, -0.2) is 4.57 Å². The zero-order valence-electron chi connectivity index (χ0n) is 37.9. The van der Waals surface area contributed by atoms with Gasteiger partial charge in [-0.2, -0.15) is 0 Å². The minimum Gasteiger partial charge on any atom is -0.480 e. The number of nitrogens with two attached hydrogens (primary N) is 1. The lowest BCUT2D eigenvalue weighted by Gasteiger charge is -2.20. The summed E-state index contributed by atoms with van der Waals surface area (Å²) in [5.74, 6) is -2.52. The molecule has 0 aliphatic rings. The molecule has 0 aliphatic heterocycles. The third kappa shape index (κ3) is 42.8. The summed E-state index contributed by atoms with van der Waals surface area (Å²) >= 11 is 0. The Hall–Kier alpha value is -3.86. The number of aliphatic carboxylic acids is 1. The molecule has 0 bridgehead atoms. The summed E-state index contributed by atoms with van der Waals surface area (Å²) in [5, 5.41) is 8.90. The second-order valence-electron chi connectivity index (χ2n) is 14.8. The van der Waals surface area contributed by atoms with Gasteiger partial charge in [0.2, 0.25) is 0 Å². The summed E-state index contributed by atoms with van der Waals surface area (Å²) < 4.78 is 32.6. The third-order valence-corrected chi connectivity index (χ3v) is 9.97. The fraction of sp³-hybridized carbons (Fsp3) is 0.580. The van der Waals surface area contributed by atoms with Crippen LogP contribution in [0.15, 0.2) is 109 Å². The summed E-state index contributed by atoms with van der Waals surface area (Å²) in [5.41, 5.74) is 5.33. The van der Waals surface area contributed by atoms with Gasteiger partial charge in [0, 0.05) is 12.8 Å². The number of unbranched alkanes of at least 4 members (excludes halogenated alkanes) is 9. The predicted octanol–water partition coefficient (Wildman–Crippen LogP) is 12.6. The van der Waals surface area contributed by atoms with Crippen molar-refractivity contribution in [1.82, 2.24) is 0 Å². The molecule has 0 saturated carbocycles. The van der Waals surface area contributed by atoms with Crippen LogP contribution >= 0.6 is 7.82 Å². The van der Waals surface area contributed by atoms with Crippen molar-refractivity contribution < 1.29 is 47.5 Å². The van der Waals surface area contributed by atoms with E-state index >= 15 is 0 Å². The van der Waals surface area contributed by atoms with Crippen LogP contribution in [0.3, 0.4) is 0 Å². The lowest BCUT2D eigenvalue weighted by Crippen LogP contribution is -2.34.